The summed E-state index contributed by atoms with van der Waals surface area (Å²) in [6, 6.07) is 8.04. The number of hydrogen-bond donors (Lipinski definition) is 3. The van der Waals surface area contributed by atoms with E-state index in [-0.39, 0.29) is 24.0 Å². The number of rotatable bonds is 10. The van der Waals surface area contributed by atoms with E-state index in [1.807, 2.05) is 43.1 Å². The van der Waals surface area contributed by atoms with Gasteiger partial charge in [0.2, 0.25) is 5.91 Å². The standard InChI is InChI=1S/C24H32N8O2/c1-16-7-5-8-17-13-18(14-29-24(34)21-22(25)27-11-10-26-21)23(30-20(16)17)28-9-6-12-32(4)15-19(33)31(2)3/h5,7-8,10-11,13H,6,9,12,14-15H2,1-4H3,(H2,25,27)(H,28,30)(H,29,34). The van der Waals surface area contributed by atoms with Gasteiger partial charge in [0.05, 0.1) is 12.1 Å². The van der Waals surface area contributed by atoms with Crippen LogP contribution in [0.1, 0.15) is 28.0 Å². The first-order chi connectivity index (χ1) is 16.3. The molecule has 2 amide bonds. The fourth-order valence-electron chi connectivity index (χ4n) is 3.47. The Hall–Kier alpha value is -3.79. The van der Waals surface area contributed by atoms with Crippen LogP contribution in [0.5, 0.6) is 0 Å². The van der Waals surface area contributed by atoms with E-state index in [0.29, 0.717) is 18.9 Å². The van der Waals surface area contributed by atoms with Crippen LogP contribution in [0, 0.1) is 6.92 Å². The monoisotopic (exact) mass is 464 g/mol. The van der Waals surface area contributed by atoms with Gasteiger partial charge in [-0.2, -0.15) is 0 Å². The largest absolute Gasteiger partial charge is 0.382 e. The van der Waals surface area contributed by atoms with Crippen LogP contribution in [0.4, 0.5) is 11.6 Å². The molecule has 0 aliphatic rings. The smallest absolute Gasteiger partial charge is 0.273 e. The molecule has 3 aromatic rings. The quantitative estimate of drug-likeness (QED) is 0.387. The molecule has 0 spiro atoms. The summed E-state index contributed by atoms with van der Waals surface area (Å²) >= 11 is 0. The predicted octanol–water partition coefficient (Wildman–Crippen LogP) is 1.67. The van der Waals surface area contributed by atoms with Crippen molar-refractivity contribution in [1.29, 1.82) is 0 Å². The van der Waals surface area contributed by atoms with Crippen LogP contribution in [0.25, 0.3) is 10.9 Å². The summed E-state index contributed by atoms with van der Waals surface area (Å²) in [6.45, 7) is 4.09. The Balaban J connectivity index is 1.69. The fourth-order valence-corrected chi connectivity index (χ4v) is 3.47. The zero-order valence-electron chi connectivity index (χ0n) is 20.1. The molecule has 0 atom stereocenters. The van der Waals surface area contributed by atoms with Crippen molar-refractivity contribution in [3.8, 4) is 0 Å². The highest BCUT2D eigenvalue weighted by Gasteiger charge is 2.14. The zero-order valence-corrected chi connectivity index (χ0v) is 20.1. The molecule has 4 N–H and O–H groups in total. The van der Waals surface area contributed by atoms with E-state index in [4.69, 9.17) is 10.7 Å². The Morgan fingerprint density at radius 3 is 2.62 bits per heavy atom. The molecule has 10 nitrogen and oxygen atoms in total. The second kappa shape index (κ2) is 11.4. The number of benzene rings is 1. The first-order valence-corrected chi connectivity index (χ1v) is 11.1. The minimum atomic E-state index is -0.395. The molecule has 0 aliphatic carbocycles. The van der Waals surface area contributed by atoms with Crippen molar-refractivity contribution in [2.75, 3.05) is 51.8 Å². The summed E-state index contributed by atoms with van der Waals surface area (Å²) in [6.07, 6.45) is 3.70. The van der Waals surface area contributed by atoms with Crippen molar-refractivity contribution in [2.24, 2.45) is 0 Å². The number of nitrogens with one attached hydrogen (secondary N) is 2. The molecular formula is C24H32N8O2. The lowest BCUT2D eigenvalue weighted by Gasteiger charge is -2.19. The van der Waals surface area contributed by atoms with Gasteiger partial charge in [-0.3, -0.25) is 14.5 Å². The zero-order chi connectivity index (χ0) is 24.7. The highest BCUT2D eigenvalue weighted by molar-refractivity contribution is 5.96. The lowest BCUT2D eigenvalue weighted by atomic mass is 10.1. The number of nitrogen functional groups attached to an aromatic ring is 1. The summed E-state index contributed by atoms with van der Waals surface area (Å²) in [4.78, 5) is 40.8. The number of fused-ring (bicyclic) bond motifs is 1. The number of hydrogen-bond acceptors (Lipinski definition) is 8. The normalized spacial score (nSPS) is 11.0. The number of likely N-dealkylation sites (N-methyl/N-ethyl adjacent to an activating group) is 2. The lowest BCUT2D eigenvalue weighted by Crippen LogP contribution is -2.35. The number of amides is 2. The van der Waals surface area contributed by atoms with Gasteiger partial charge >= 0.3 is 0 Å². The molecule has 1 aromatic carbocycles. The molecule has 0 unspecified atom stereocenters. The van der Waals surface area contributed by atoms with E-state index in [2.05, 4.69) is 20.6 Å². The maximum atomic E-state index is 12.6. The molecule has 0 fully saturated rings. The number of aryl methyl sites for hydroxylation is 1. The number of nitrogens with zero attached hydrogens (tertiary/aromatic N) is 5. The Labute approximate surface area is 199 Å². The van der Waals surface area contributed by atoms with Gasteiger partial charge in [0.1, 0.15) is 5.82 Å². The third-order valence-corrected chi connectivity index (χ3v) is 5.42. The third kappa shape index (κ3) is 6.38. The number of pyridine rings is 1. The number of para-hydroxylation sites is 1. The predicted molar refractivity (Wildman–Crippen MR) is 133 cm³/mol. The molecule has 0 saturated carbocycles. The van der Waals surface area contributed by atoms with Gasteiger partial charge in [0.15, 0.2) is 11.5 Å². The van der Waals surface area contributed by atoms with Gasteiger partial charge in [0.25, 0.3) is 5.91 Å². The molecule has 2 aromatic heterocycles. The summed E-state index contributed by atoms with van der Waals surface area (Å²) in [7, 11) is 5.44. The van der Waals surface area contributed by atoms with Gasteiger partial charge in [-0.25, -0.2) is 15.0 Å². The summed E-state index contributed by atoms with van der Waals surface area (Å²) in [5.74, 6) is 0.473. The summed E-state index contributed by atoms with van der Waals surface area (Å²) in [5.41, 5.74) is 8.71. The minimum Gasteiger partial charge on any atom is -0.382 e. The van der Waals surface area contributed by atoms with Crippen LogP contribution >= 0.6 is 0 Å². The highest BCUT2D eigenvalue weighted by Crippen LogP contribution is 2.23. The maximum Gasteiger partial charge on any atom is 0.273 e. The van der Waals surface area contributed by atoms with Crippen LogP contribution in [0.3, 0.4) is 0 Å². The Morgan fingerprint density at radius 2 is 1.88 bits per heavy atom. The molecule has 3 rings (SSSR count). The second-order valence-electron chi connectivity index (χ2n) is 8.42. The van der Waals surface area contributed by atoms with Gasteiger partial charge < -0.3 is 21.3 Å². The van der Waals surface area contributed by atoms with Gasteiger partial charge in [0, 0.05) is 57.1 Å². The molecule has 0 aliphatic heterocycles. The average molecular weight is 465 g/mol. The van der Waals surface area contributed by atoms with Crippen molar-refractivity contribution >= 4 is 34.4 Å². The van der Waals surface area contributed by atoms with Crippen LogP contribution < -0.4 is 16.4 Å². The first-order valence-electron chi connectivity index (χ1n) is 11.1. The van der Waals surface area contributed by atoms with Gasteiger partial charge in [-0.05, 0) is 32.0 Å². The number of nitrogens with two attached hydrogens (primary N) is 1. The van der Waals surface area contributed by atoms with E-state index in [1.54, 1.807) is 19.0 Å². The van der Waals surface area contributed by atoms with Crippen molar-refractivity contribution < 1.29 is 9.59 Å². The Morgan fingerprint density at radius 1 is 1.12 bits per heavy atom. The van der Waals surface area contributed by atoms with E-state index >= 15 is 0 Å². The topological polar surface area (TPSA) is 129 Å². The molecule has 0 radical (unpaired) electrons. The van der Waals surface area contributed by atoms with Crippen LogP contribution in [-0.2, 0) is 11.3 Å². The minimum absolute atomic E-state index is 0.0731. The van der Waals surface area contributed by atoms with E-state index in [9.17, 15) is 9.59 Å². The average Bonchev–Trinajstić information content (AvgIpc) is 2.80. The SMILES string of the molecule is Cc1cccc2cc(CNC(=O)c3nccnc3N)c(NCCCN(C)CC(=O)N(C)C)nc12. The molecule has 2 heterocycles. The first kappa shape index (κ1) is 24.8. The van der Waals surface area contributed by atoms with Crippen molar-refractivity contribution in [3.63, 3.8) is 0 Å². The highest BCUT2D eigenvalue weighted by atomic mass is 16.2. The molecule has 180 valence electrons. The lowest BCUT2D eigenvalue weighted by molar-refractivity contribution is -0.129. The Kier molecular flexibility index (Phi) is 8.31. The van der Waals surface area contributed by atoms with Crippen molar-refractivity contribution in [2.45, 2.75) is 19.9 Å². The molecule has 34 heavy (non-hydrogen) atoms. The summed E-state index contributed by atoms with van der Waals surface area (Å²) < 4.78 is 0. The number of aromatic nitrogens is 3. The van der Waals surface area contributed by atoms with Crippen molar-refractivity contribution in [3.05, 3.63) is 53.5 Å². The maximum absolute atomic E-state index is 12.6. The van der Waals surface area contributed by atoms with Crippen LogP contribution in [0.2, 0.25) is 0 Å². The van der Waals surface area contributed by atoms with E-state index in [0.717, 1.165) is 35.0 Å². The third-order valence-electron chi connectivity index (χ3n) is 5.42. The van der Waals surface area contributed by atoms with Gasteiger partial charge in [-0.1, -0.05) is 18.2 Å². The summed E-state index contributed by atoms with van der Waals surface area (Å²) in [5, 5.41) is 7.26. The van der Waals surface area contributed by atoms with Crippen LogP contribution in [0.15, 0.2) is 36.7 Å². The van der Waals surface area contributed by atoms with E-state index < -0.39 is 5.91 Å². The number of carbonyl (C=O) groups excluding carboxylic acids is 2. The second-order valence-corrected chi connectivity index (χ2v) is 8.42. The van der Waals surface area contributed by atoms with E-state index in [1.165, 1.54) is 12.4 Å². The van der Waals surface area contributed by atoms with Crippen molar-refractivity contribution in [1.82, 2.24) is 30.1 Å². The number of carbonyl (C=O) groups is 2. The molecule has 10 heteroatoms. The molecule has 0 saturated heterocycles. The Bertz CT molecular complexity index is 1160. The number of anilines is 2. The molecular weight excluding hydrogens is 432 g/mol. The van der Waals surface area contributed by atoms with Crippen LogP contribution in [-0.4, -0.2) is 77.3 Å². The fraction of sp³-hybridized carbons (Fsp3) is 0.375. The molecule has 0 bridgehead atoms. The van der Waals surface area contributed by atoms with Gasteiger partial charge in [-0.15, -0.1) is 0 Å².